The summed E-state index contributed by atoms with van der Waals surface area (Å²) in [7, 11) is 1.73. The molecule has 2 N–H and O–H groups in total. The lowest BCUT2D eigenvalue weighted by Gasteiger charge is -2.32. The highest BCUT2D eigenvalue weighted by Crippen LogP contribution is 2.37. The SMILES string of the molecule is CC1CCN(c2nc(N)c(Sc3cccc(Cl)c3Cl)c(=O)n2C)CC1. The summed E-state index contributed by atoms with van der Waals surface area (Å²) >= 11 is 13.5. The number of nitrogen functional groups attached to an aromatic ring is 1. The number of halogens is 2. The Hall–Kier alpha value is -1.37. The summed E-state index contributed by atoms with van der Waals surface area (Å²) in [6.07, 6.45) is 2.18. The second kappa shape index (κ2) is 7.48. The highest BCUT2D eigenvalue weighted by molar-refractivity contribution is 7.99. The molecule has 1 saturated heterocycles. The molecule has 25 heavy (non-hydrogen) atoms. The average molecular weight is 399 g/mol. The minimum Gasteiger partial charge on any atom is -0.382 e. The molecule has 3 rings (SSSR count). The third kappa shape index (κ3) is 3.76. The molecule has 0 spiro atoms. The molecule has 0 amide bonds. The van der Waals surface area contributed by atoms with E-state index >= 15 is 0 Å². The van der Waals surface area contributed by atoms with Gasteiger partial charge in [0.1, 0.15) is 10.7 Å². The maximum atomic E-state index is 12.8. The molecule has 0 atom stereocenters. The third-order valence-electron chi connectivity index (χ3n) is 4.45. The summed E-state index contributed by atoms with van der Waals surface area (Å²) in [5.41, 5.74) is 5.93. The molecule has 1 aromatic heterocycles. The molecule has 8 heteroatoms. The van der Waals surface area contributed by atoms with Crippen LogP contribution in [0.3, 0.4) is 0 Å². The van der Waals surface area contributed by atoms with Gasteiger partial charge in [0.2, 0.25) is 5.95 Å². The number of rotatable bonds is 3. The number of nitrogens with zero attached hydrogens (tertiary/aromatic N) is 3. The van der Waals surface area contributed by atoms with Crippen molar-refractivity contribution in [3.8, 4) is 0 Å². The summed E-state index contributed by atoms with van der Waals surface area (Å²) in [5, 5.41) is 0.846. The Balaban J connectivity index is 1.96. The van der Waals surface area contributed by atoms with Crippen molar-refractivity contribution in [3.05, 3.63) is 38.6 Å². The fourth-order valence-electron chi connectivity index (χ4n) is 2.85. The van der Waals surface area contributed by atoms with Crippen molar-refractivity contribution in [1.29, 1.82) is 0 Å². The van der Waals surface area contributed by atoms with Gasteiger partial charge in [-0.2, -0.15) is 4.98 Å². The van der Waals surface area contributed by atoms with E-state index in [1.807, 2.05) is 0 Å². The van der Waals surface area contributed by atoms with Crippen LogP contribution in [0.2, 0.25) is 10.0 Å². The van der Waals surface area contributed by atoms with Gasteiger partial charge in [-0.25, -0.2) is 0 Å². The van der Waals surface area contributed by atoms with Gasteiger partial charge < -0.3 is 10.6 Å². The first-order chi connectivity index (χ1) is 11.9. The second-order valence-corrected chi connectivity index (χ2v) is 8.15. The first-order valence-electron chi connectivity index (χ1n) is 8.11. The molecule has 0 bridgehead atoms. The normalized spacial score (nSPS) is 15.6. The van der Waals surface area contributed by atoms with E-state index in [0.29, 0.717) is 31.7 Å². The van der Waals surface area contributed by atoms with Crippen LogP contribution in [0, 0.1) is 5.92 Å². The van der Waals surface area contributed by atoms with Crippen molar-refractivity contribution in [3.63, 3.8) is 0 Å². The average Bonchev–Trinajstić information content (AvgIpc) is 2.59. The van der Waals surface area contributed by atoms with Gasteiger partial charge in [-0.3, -0.25) is 9.36 Å². The summed E-state index contributed by atoms with van der Waals surface area (Å²) in [4.78, 5) is 20.5. The monoisotopic (exact) mass is 398 g/mol. The zero-order chi connectivity index (χ0) is 18.1. The number of anilines is 2. The first kappa shape index (κ1) is 18.4. The summed E-state index contributed by atoms with van der Waals surface area (Å²) < 4.78 is 1.56. The van der Waals surface area contributed by atoms with Crippen molar-refractivity contribution in [2.24, 2.45) is 13.0 Å². The van der Waals surface area contributed by atoms with Crippen LogP contribution in [0.15, 0.2) is 32.8 Å². The van der Waals surface area contributed by atoms with Crippen molar-refractivity contribution < 1.29 is 0 Å². The molecular weight excluding hydrogens is 379 g/mol. The molecule has 0 radical (unpaired) electrons. The lowest BCUT2D eigenvalue weighted by Crippen LogP contribution is -2.38. The van der Waals surface area contributed by atoms with Crippen molar-refractivity contribution in [1.82, 2.24) is 9.55 Å². The Morgan fingerprint density at radius 2 is 1.96 bits per heavy atom. The van der Waals surface area contributed by atoms with E-state index in [-0.39, 0.29) is 11.4 Å². The van der Waals surface area contributed by atoms with Crippen LogP contribution in [0.4, 0.5) is 11.8 Å². The molecule has 0 saturated carbocycles. The molecule has 0 aliphatic carbocycles. The largest absolute Gasteiger partial charge is 0.382 e. The van der Waals surface area contributed by atoms with E-state index in [4.69, 9.17) is 28.9 Å². The Bertz CT molecular complexity index is 847. The van der Waals surface area contributed by atoms with E-state index in [1.54, 1.807) is 29.8 Å². The Morgan fingerprint density at radius 1 is 1.28 bits per heavy atom. The second-order valence-electron chi connectivity index (χ2n) is 6.31. The van der Waals surface area contributed by atoms with Gasteiger partial charge in [-0.1, -0.05) is 48.0 Å². The highest BCUT2D eigenvalue weighted by atomic mass is 35.5. The van der Waals surface area contributed by atoms with Gasteiger partial charge in [0.15, 0.2) is 0 Å². The fraction of sp³-hybridized carbons (Fsp3) is 0.412. The van der Waals surface area contributed by atoms with Crippen LogP contribution in [0.25, 0.3) is 0 Å². The van der Waals surface area contributed by atoms with Crippen LogP contribution in [-0.4, -0.2) is 22.6 Å². The van der Waals surface area contributed by atoms with E-state index in [0.717, 1.165) is 25.9 Å². The molecule has 1 fully saturated rings. The van der Waals surface area contributed by atoms with E-state index in [2.05, 4.69) is 16.8 Å². The number of hydrogen-bond acceptors (Lipinski definition) is 5. The van der Waals surface area contributed by atoms with E-state index in [9.17, 15) is 4.79 Å². The van der Waals surface area contributed by atoms with Crippen molar-refractivity contribution >= 4 is 46.7 Å². The fourth-order valence-corrected chi connectivity index (χ4v) is 4.26. The molecule has 2 heterocycles. The highest BCUT2D eigenvalue weighted by Gasteiger charge is 2.22. The smallest absolute Gasteiger partial charge is 0.270 e. The molecule has 2 aromatic rings. The van der Waals surface area contributed by atoms with Gasteiger partial charge >= 0.3 is 0 Å². The van der Waals surface area contributed by atoms with Crippen LogP contribution < -0.4 is 16.2 Å². The molecule has 1 aliphatic heterocycles. The summed E-state index contributed by atoms with van der Waals surface area (Å²) in [6.45, 7) is 4.01. The number of benzene rings is 1. The minimum atomic E-state index is -0.179. The van der Waals surface area contributed by atoms with Crippen LogP contribution in [0.1, 0.15) is 19.8 Å². The standard InChI is InChI=1S/C17H20Cl2N4OS/c1-10-6-8-23(9-7-10)17-21-15(20)14(16(24)22(17)2)25-12-5-3-4-11(18)13(12)19/h3-5,10H,6-9,20H2,1-2H3. The zero-order valence-electron chi connectivity index (χ0n) is 14.1. The van der Waals surface area contributed by atoms with Crippen molar-refractivity contribution in [2.75, 3.05) is 23.7 Å². The summed E-state index contributed by atoms with van der Waals surface area (Å²) in [6, 6.07) is 5.29. The predicted molar refractivity (Wildman–Crippen MR) is 105 cm³/mol. The molecule has 0 unspecified atom stereocenters. The molecule has 1 aromatic carbocycles. The molecule has 134 valence electrons. The number of piperidine rings is 1. The van der Waals surface area contributed by atoms with Gasteiger partial charge in [-0.05, 0) is 30.9 Å². The first-order valence-corrected chi connectivity index (χ1v) is 9.69. The molecule has 5 nitrogen and oxygen atoms in total. The van der Waals surface area contributed by atoms with Crippen LogP contribution in [0.5, 0.6) is 0 Å². The number of nitrogens with two attached hydrogens (primary N) is 1. The van der Waals surface area contributed by atoms with Gasteiger partial charge in [-0.15, -0.1) is 0 Å². The topological polar surface area (TPSA) is 64.2 Å². The van der Waals surface area contributed by atoms with Crippen LogP contribution in [-0.2, 0) is 7.05 Å². The van der Waals surface area contributed by atoms with Gasteiger partial charge in [0.25, 0.3) is 5.56 Å². The lowest BCUT2D eigenvalue weighted by molar-refractivity contribution is 0.430. The zero-order valence-corrected chi connectivity index (χ0v) is 16.5. The number of hydrogen-bond donors (Lipinski definition) is 1. The number of aromatic nitrogens is 2. The van der Waals surface area contributed by atoms with Gasteiger partial charge in [0.05, 0.1) is 10.0 Å². The molecule has 1 aliphatic rings. The Labute approximate surface area is 161 Å². The third-order valence-corrected chi connectivity index (χ3v) is 6.53. The van der Waals surface area contributed by atoms with Gasteiger partial charge in [0, 0.05) is 25.0 Å². The van der Waals surface area contributed by atoms with E-state index in [1.165, 1.54) is 11.8 Å². The minimum absolute atomic E-state index is 0.179. The quantitative estimate of drug-likeness (QED) is 0.844. The molecular formula is C17H20Cl2N4OS. The Morgan fingerprint density at radius 3 is 2.64 bits per heavy atom. The Kier molecular flexibility index (Phi) is 5.51. The maximum absolute atomic E-state index is 12.8. The summed E-state index contributed by atoms with van der Waals surface area (Å²) in [5.74, 6) is 1.54. The van der Waals surface area contributed by atoms with Crippen LogP contribution >= 0.6 is 35.0 Å². The van der Waals surface area contributed by atoms with Crippen molar-refractivity contribution in [2.45, 2.75) is 29.6 Å². The maximum Gasteiger partial charge on any atom is 0.270 e. The van der Waals surface area contributed by atoms with E-state index < -0.39 is 0 Å². The predicted octanol–water partition coefficient (Wildman–Crippen LogP) is 4.06. The lowest BCUT2D eigenvalue weighted by atomic mass is 10.00.